The first kappa shape index (κ1) is 18.0. The molecule has 1 aromatic carbocycles. The fraction of sp³-hybridized carbons (Fsp3) is 0.235. The molecule has 3 aromatic rings. The minimum absolute atomic E-state index is 0.266. The summed E-state index contributed by atoms with van der Waals surface area (Å²) in [4.78, 5) is 34.0. The number of thiazole rings is 1. The van der Waals surface area contributed by atoms with Crippen molar-refractivity contribution in [1.82, 2.24) is 20.8 Å². The Hall–Kier alpha value is -2.43. The molecule has 0 atom stereocenters. The van der Waals surface area contributed by atoms with Gasteiger partial charge in [0.1, 0.15) is 11.4 Å². The lowest BCUT2D eigenvalue weighted by atomic mass is 10.2. The molecule has 2 aromatic heterocycles. The maximum atomic E-state index is 12.3. The highest BCUT2D eigenvalue weighted by Gasteiger charge is 2.18. The molecule has 140 valence electrons. The van der Waals surface area contributed by atoms with E-state index in [1.54, 1.807) is 11.4 Å². The van der Waals surface area contributed by atoms with E-state index in [9.17, 15) is 9.59 Å². The van der Waals surface area contributed by atoms with Gasteiger partial charge in [0.25, 0.3) is 11.8 Å². The Morgan fingerprint density at radius 2 is 1.96 bits per heavy atom. The standard InChI is InChI=1S/C17H16BrN5O3S/c18-11-2-1-10-7-13(19-12(10)8-11)15(24)21-22-16(25)14-9-27-17(20-14)23-3-5-26-6-4-23/h1-2,7-9,19H,3-6H2,(H,21,24)(H,22,25). The maximum absolute atomic E-state index is 12.3. The van der Waals surface area contributed by atoms with Crippen LogP contribution in [0.1, 0.15) is 21.0 Å². The summed E-state index contributed by atoms with van der Waals surface area (Å²) in [5, 5.41) is 3.35. The predicted octanol–water partition coefficient (Wildman–Crippen LogP) is 2.30. The van der Waals surface area contributed by atoms with Crippen LogP contribution in [0.3, 0.4) is 0 Å². The lowest BCUT2D eigenvalue weighted by Gasteiger charge is -2.25. The van der Waals surface area contributed by atoms with Crippen molar-refractivity contribution in [1.29, 1.82) is 0 Å². The summed E-state index contributed by atoms with van der Waals surface area (Å²) in [7, 11) is 0. The fourth-order valence-corrected chi connectivity index (χ4v) is 3.96. The van der Waals surface area contributed by atoms with E-state index in [-0.39, 0.29) is 5.69 Å². The highest BCUT2D eigenvalue weighted by atomic mass is 79.9. The van der Waals surface area contributed by atoms with Crippen molar-refractivity contribution in [3.8, 4) is 0 Å². The smallest absolute Gasteiger partial charge is 0.289 e. The van der Waals surface area contributed by atoms with Crippen LogP contribution in [0, 0.1) is 0 Å². The molecule has 0 aliphatic carbocycles. The van der Waals surface area contributed by atoms with Gasteiger partial charge in [0, 0.05) is 33.8 Å². The number of aromatic nitrogens is 2. The molecule has 0 spiro atoms. The van der Waals surface area contributed by atoms with Gasteiger partial charge < -0.3 is 14.6 Å². The maximum Gasteiger partial charge on any atom is 0.289 e. The number of benzene rings is 1. The SMILES string of the molecule is O=C(NNC(=O)c1cc2ccc(Br)cc2[nH]1)c1csc(N2CCOCC2)n1. The van der Waals surface area contributed by atoms with Gasteiger partial charge in [-0.3, -0.25) is 20.4 Å². The number of hydrazine groups is 1. The molecule has 27 heavy (non-hydrogen) atoms. The predicted molar refractivity (Wildman–Crippen MR) is 106 cm³/mol. The first-order valence-corrected chi connectivity index (χ1v) is 9.94. The van der Waals surface area contributed by atoms with Crippen LogP contribution >= 0.6 is 27.3 Å². The molecule has 1 saturated heterocycles. The highest BCUT2D eigenvalue weighted by Crippen LogP contribution is 2.22. The highest BCUT2D eigenvalue weighted by molar-refractivity contribution is 9.10. The van der Waals surface area contributed by atoms with Crippen molar-refractivity contribution in [2.45, 2.75) is 0 Å². The number of amides is 2. The zero-order valence-corrected chi connectivity index (χ0v) is 16.5. The third-order valence-electron chi connectivity index (χ3n) is 4.13. The second-order valence-electron chi connectivity index (χ2n) is 5.94. The molecule has 1 fully saturated rings. The van der Waals surface area contributed by atoms with Gasteiger partial charge in [0.05, 0.1) is 13.2 Å². The first-order chi connectivity index (χ1) is 13.1. The molecule has 4 rings (SSSR count). The molecule has 1 aliphatic rings. The summed E-state index contributed by atoms with van der Waals surface area (Å²) in [6, 6.07) is 7.40. The Kier molecular flexibility index (Phi) is 5.10. The normalized spacial score (nSPS) is 14.3. The van der Waals surface area contributed by atoms with Crippen LogP contribution in [0.5, 0.6) is 0 Å². The molecule has 2 amide bonds. The van der Waals surface area contributed by atoms with Gasteiger partial charge in [-0.15, -0.1) is 11.3 Å². The van der Waals surface area contributed by atoms with Crippen LogP contribution < -0.4 is 15.8 Å². The van der Waals surface area contributed by atoms with Crippen molar-refractivity contribution in [2.24, 2.45) is 0 Å². The van der Waals surface area contributed by atoms with Gasteiger partial charge in [0.2, 0.25) is 0 Å². The summed E-state index contributed by atoms with van der Waals surface area (Å²) in [5.41, 5.74) is 6.27. The monoisotopic (exact) mass is 449 g/mol. The van der Waals surface area contributed by atoms with E-state index in [4.69, 9.17) is 4.74 Å². The number of rotatable bonds is 3. The van der Waals surface area contributed by atoms with E-state index in [1.165, 1.54) is 11.3 Å². The first-order valence-electron chi connectivity index (χ1n) is 8.27. The Morgan fingerprint density at radius 1 is 1.19 bits per heavy atom. The number of H-pyrrole nitrogens is 1. The molecule has 8 nitrogen and oxygen atoms in total. The fourth-order valence-electron chi connectivity index (χ4n) is 2.73. The number of hydrogen-bond donors (Lipinski definition) is 3. The van der Waals surface area contributed by atoms with Crippen molar-refractivity contribution >= 4 is 55.1 Å². The van der Waals surface area contributed by atoms with Gasteiger partial charge >= 0.3 is 0 Å². The van der Waals surface area contributed by atoms with Crippen LogP contribution in [0.25, 0.3) is 10.9 Å². The molecule has 3 N–H and O–H groups in total. The Balaban J connectivity index is 1.38. The van der Waals surface area contributed by atoms with E-state index in [1.807, 2.05) is 18.2 Å². The Labute approximate surface area is 167 Å². The van der Waals surface area contributed by atoms with Crippen molar-refractivity contribution < 1.29 is 14.3 Å². The minimum Gasteiger partial charge on any atom is -0.378 e. The van der Waals surface area contributed by atoms with Gasteiger partial charge in [-0.1, -0.05) is 22.0 Å². The molecular formula is C17H16BrN5O3S. The number of halogens is 1. The van der Waals surface area contributed by atoms with Gasteiger partial charge in [0.15, 0.2) is 5.13 Å². The number of aromatic amines is 1. The van der Waals surface area contributed by atoms with E-state index in [0.29, 0.717) is 18.9 Å². The third kappa shape index (κ3) is 3.97. The summed E-state index contributed by atoms with van der Waals surface area (Å²) in [5.74, 6) is -0.891. The van der Waals surface area contributed by atoms with Crippen LogP contribution in [-0.2, 0) is 4.74 Å². The number of nitrogens with one attached hydrogen (secondary N) is 3. The second kappa shape index (κ2) is 7.67. The van der Waals surface area contributed by atoms with Crippen molar-refractivity contribution in [2.75, 3.05) is 31.2 Å². The Bertz CT molecular complexity index is 996. The quantitative estimate of drug-likeness (QED) is 0.532. The lowest BCUT2D eigenvalue weighted by Crippen LogP contribution is -2.42. The summed E-state index contributed by atoms with van der Waals surface area (Å²) in [6.07, 6.45) is 0. The third-order valence-corrected chi connectivity index (χ3v) is 5.52. The minimum atomic E-state index is -0.460. The number of carbonyl (C=O) groups excluding carboxylic acids is 2. The molecule has 0 saturated carbocycles. The average Bonchev–Trinajstić information content (AvgIpc) is 3.33. The van der Waals surface area contributed by atoms with Gasteiger partial charge in [-0.2, -0.15) is 0 Å². The molecule has 10 heteroatoms. The van der Waals surface area contributed by atoms with E-state index < -0.39 is 11.8 Å². The molecule has 0 unspecified atom stereocenters. The number of carbonyl (C=O) groups is 2. The number of anilines is 1. The molecule has 1 aliphatic heterocycles. The molecule has 0 bridgehead atoms. The summed E-state index contributed by atoms with van der Waals surface area (Å²) < 4.78 is 6.23. The summed E-state index contributed by atoms with van der Waals surface area (Å²) in [6.45, 7) is 2.81. The molecule has 0 radical (unpaired) electrons. The van der Waals surface area contributed by atoms with Crippen LogP contribution in [-0.4, -0.2) is 48.1 Å². The number of hydrogen-bond acceptors (Lipinski definition) is 6. The zero-order chi connectivity index (χ0) is 18.8. The van der Waals surface area contributed by atoms with Crippen molar-refractivity contribution in [3.05, 3.63) is 45.5 Å². The van der Waals surface area contributed by atoms with Crippen LogP contribution in [0.4, 0.5) is 5.13 Å². The van der Waals surface area contributed by atoms with E-state index >= 15 is 0 Å². The molecular weight excluding hydrogens is 434 g/mol. The van der Waals surface area contributed by atoms with E-state index in [0.717, 1.165) is 33.6 Å². The largest absolute Gasteiger partial charge is 0.378 e. The Morgan fingerprint density at radius 3 is 2.78 bits per heavy atom. The number of nitrogens with zero attached hydrogens (tertiary/aromatic N) is 2. The number of ether oxygens (including phenoxy) is 1. The average molecular weight is 450 g/mol. The van der Waals surface area contributed by atoms with Gasteiger partial charge in [-0.05, 0) is 18.2 Å². The lowest BCUT2D eigenvalue weighted by molar-refractivity contribution is 0.0842. The topological polar surface area (TPSA) is 99.4 Å². The van der Waals surface area contributed by atoms with Crippen LogP contribution in [0.2, 0.25) is 0 Å². The zero-order valence-electron chi connectivity index (χ0n) is 14.1. The second-order valence-corrected chi connectivity index (χ2v) is 7.69. The number of morpholine rings is 1. The summed E-state index contributed by atoms with van der Waals surface area (Å²) >= 11 is 4.79. The van der Waals surface area contributed by atoms with E-state index in [2.05, 4.69) is 41.6 Å². The van der Waals surface area contributed by atoms with Crippen LogP contribution in [0.15, 0.2) is 34.1 Å². The molecule has 3 heterocycles. The number of fused-ring (bicyclic) bond motifs is 1. The van der Waals surface area contributed by atoms with Gasteiger partial charge in [-0.25, -0.2) is 4.98 Å². The van der Waals surface area contributed by atoms with Crippen molar-refractivity contribution in [3.63, 3.8) is 0 Å².